The molecule has 1 aromatic heterocycles. The average Bonchev–Trinajstić information content (AvgIpc) is 2.74. The molecule has 5 heteroatoms. The molecule has 0 spiro atoms. The summed E-state index contributed by atoms with van der Waals surface area (Å²) in [6, 6.07) is 0.663. The summed E-state index contributed by atoms with van der Waals surface area (Å²) in [5.74, 6) is 1.31. The van der Waals surface area contributed by atoms with Crippen molar-refractivity contribution < 1.29 is 4.79 Å². The van der Waals surface area contributed by atoms with Crippen LogP contribution in [0.15, 0.2) is 0 Å². The van der Waals surface area contributed by atoms with E-state index in [2.05, 4.69) is 17.3 Å². The maximum absolute atomic E-state index is 12.8. The normalized spacial score (nSPS) is 30.9. The molecule has 3 rings (SSSR count). The van der Waals surface area contributed by atoms with Crippen molar-refractivity contribution in [3.63, 3.8) is 0 Å². The molecule has 1 amide bonds. The van der Waals surface area contributed by atoms with Gasteiger partial charge in [0.15, 0.2) is 0 Å². The van der Waals surface area contributed by atoms with Crippen LogP contribution in [-0.4, -0.2) is 27.8 Å². The first kappa shape index (κ1) is 17.5. The van der Waals surface area contributed by atoms with E-state index in [4.69, 9.17) is 5.73 Å². The molecule has 0 saturated heterocycles. The zero-order valence-corrected chi connectivity index (χ0v) is 15.5. The third-order valence-electron chi connectivity index (χ3n) is 6.30. The van der Waals surface area contributed by atoms with Crippen molar-refractivity contribution in [3.05, 3.63) is 17.0 Å². The molecule has 5 nitrogen and oxygen atoms in total. The molecule has 1 aromatic rings. The summed E-state index contributed by atoms with van der Waals surface area (Å²) in [6.45, 7) is 6.14. The SMILES string of the molecule is Cc1nn(C)c(C)c1CC(C)C(=O)NC1C2CCCC1CC(N)C2. The van der Waals surface area contributed by atoms with E-state index in [0.717, 1.165) is 30.7 Å². The largest absolute Gasteiger partial charge is 0.353 e. The predicted molar refractivity (Wildman–Crippen MR) is 95.5 cm³/mol. The monoisotopic (exact) mass is 332 g/mol. The van der Waals surface area contributed by atoms with Crippen molar-refractivity contribution in [2.45, 2.75) is 71.4 Å². The minimum Gasteiger partial charge on any atom is -0.353 e. The molecule has 3 N–H and O–H groups in total. The van der Waals surface area contributed by atoms with Crippen molar-refractivity contribution in [2.24, 2.45) is 30.5 Å². The van der Waals surface area contributed by atoms with Gasteiger partial charge in [-0.3, -0.25) is 9.48 Å². The molecule has 2 fully saturated rings. The van der Waals surface area contributed by atoms with Gasteiger partial charge in [-0.2, -0.15) is 5.10 Å². The van der Waals surface area contributed by atoms with Crippen LogP contribution in [0.25, 0.3) is 0 Å². The minimum absolute atomic E-state index is 0.0251. The lowest BCUT2D eigenvalue weighted by atomic mass is 9.67. The molecule has 3 atom stereocenters. The fourth-order valence-corrected chi connectivity index (χ4v) is 4.84. The highest BCUT2D eigenvalue weighted by atomic mass is 16.1. The average molecular weight is 332 g/mol. The lowest BCUT2D eigenvalue weighted by Crippen LogP contribution is -2.54. The molecular formula is C19H32N4O. The first-order chi connectivity index (χ1) is 11.4. The summed E-state index contributed by atoms with van der Waals surface area (Å²) in [5, 5.41) is 7.85. The van der Waals surface area contributed by atoms with Gasteiger partial charge in [0.25, 0.3) is 0 Å². The van der Waals surface area contributed by atoms with Crippen LogP contribution in [0.5, 0.6) is 0 Å². The number of hydrogen-bond donors (Lipinski definition) is 2. The van der Waals surface area contributed by atoms with Crippen LogP contribution in [0.3, 0.4) is 0 Å². The van der Waals surface area contributed by atoms with E-state index in [1.807, 2.05) is 25.6 Å². The molecule has 3 unspecified atom stereocenters. The Hall–Kier alpha value is -1.36. The van der Waals surface area contributed by atoms with Crippen LogP contribution in [-0.2, 0) is 18.3 Å². The van der Waals surface area contributed by atoms with Gasteiger partial charge in [0, 0.05) is 30.7 Å². The number of aryl methyl sites for hydroxylation is 2. The van der Waals surface area contributed by atoms with Gasteiger partial charge in [0.1, 0.15) is 0 Å². The van der Waals surface area contributed by atoms with Gasteiger partial charge in [-0.05, 0) is 63.4 Å². The van der Waals surface area contributed by atoms with Gasteiger partial charge in [0.05, 0.1) is 5.69 Å². The molecule has 1 heterocycles. The van der Waals surface area contributed by atoms with E-state index in [-0.39, 0.29) is 11.8 Å². The summed E-state index contributed by atoms with van der Waals surface area (Å²) >= 11 is 0. The number of carbonyl (C=O) groups is 1. The lowest BCUT2D eigenvalue weighted by molar-refractivity contribution is -0.126. The molecule has 24 heavy (non-hydrogen) atoms. The second kappa shape index (κ2) is 6.87. The Morgan fingerprint density at radius 1 is 1.33 bits per heavy atom. The topological polar surface area (TPSA) is 72.9 Å². The Balaban J connectivity index is 1.64. The first-order valence-corrected chi connectivity index (χ1v) is 9.41. The third-order valence-corrected chi connectivity index (χ3v) is 6.30. The zero-order chi connectivity index (χ0) is 17.4. The fraction of sp³-hybridized carbons (Fsp3) is 0.789. The maximum atomic E-state index is 12.8. The summed E-state index contributed by atoms with van der Waals surface area (Å²) in [4.78, 5) is 12.8. The van der Waals surface area contributed by atoms with Crippen molar-refractivity contribution >= 4 is 5.91 Å². The molecule has 2 saturated carbocycles. The van der Waals surface area contributed by atoms with Crippen LogP contribution >= 0.6 is 0 Å². The molecular weight excluding hydrogens is 300 g/mol. The molecule has 0 aromatic carbocycles. The summed E-state index contributed by atoms with van der Waals surface area (Å²) in [6.07, 6.45) is 6.61. The molecule has 2 bridgehead atoms. The van der Waals surface area contributed by atoms with E-state index in [0.29, 0.717) is 23.9 Å². The van der Waals surface area contributed by atoms with Crippen LogP contribution < -0.4 is 11.1 Å². The first-order valence-electron chi connectivity index (χ1n) is 9.41. The van der Waals surface area contributed by atoms with Gasteiger partial charge in [-0.25, -0.2) is 0 Å². The van der Waals surface area contributed by atoms with Crippen molar-refractivity contribution in [1.82, 2.24) is 15.1 Å². The van der Waals surface area contributed by atoms with Crippen molar-refractivity contribution in [3.8, 4) is 0 Å². The third kappa shape index (κ3) is 3.37. The van der Waals surface area contributed by atoms with E-state index in [1.165, 1.54) is 24.8 Å². The molecule has 0 radical (unpaired) electrons. The molecule has 2 aliphatic rings. The van der Waals surface area contributed by atoms with Gasteiger partial charge in [-0.1, -0.05) is 13.3 Å². The van der Waals surface area contributed by atoms with Crippen LogP contribution in [0, 0.1) is 31.6 Å². The van der Waals surface area contributed by atoms with E-state index in [1.54, 1.807) is 0 Å². The van der Waals surface area contributed by atoms with Crippen LogP contribution in [0.1, 0.15) is 56.0 Å². The fourth-order valence-electron chi connectivity index (χ4n) is 4.84. The minimum atomic E-state index is -0.0251. The molecule has 134 valence electrons. The molecule has 2 aliphatic carbocycles. The number of aromatic nitrogens is 2. The Morgan fingerprint density at radius 3 is 2.50 bits per heavy atom. The Bertz CT molecular complexity index is 595. The number of amides is 1. The quantitative estimate of drug-likeness (QED) is 0.888. The summed E-state index contributed by atoms with van der Waals surface area (Å²) < 4.78 is 1.90. The van der Waals surface area contributed by atoms with E-state index >= 15 is 0 Å². The van der Waals surface area contributed by atoms with E-state index in [9.17, 15) is 4.79 Å². The van der Waals surface area contributed by atoms with Crippen molar-refractivity contribution in [2.75, 3.05) is 0 Å². The van der Waals surface area contributed by atoms with Gasteiger partial charge < -0.3 is 11.1 Å². The maximum Gasteiger partial charge on any atom is 0.223 e. The lowest BCUT2D eigenvalue weighted by Gasteiger charge is -2.45. The Labute approximate surface area is 145 Å². The van der Waals surface area contributed by atoms with Gasteiger partial charge >= 0.3 is 0 Å². The molecule has 0 aliphatic heterocycles. The highest BCUT2D eigenvalue weighted by molar-refractivity contribution is 5.79. The van der Waals surface area contributed by atoms with Gasteiger partial charge in [0.2, 0.25) is 5.91 Å². The number of fused-ring (bicyclic) bond motifs is 2. The smallest absolute Gasteiger partial charge is 0.223 e. The number of nitrogens with one attached hydrogen (secondary N) is 1. The van der Waals surface area contributed by atoms with Gasteiger partial charge in [-0.15, -0.1) is 0 Å². The second-order valence-corrected chi connectivity index (χ2v) is 8.10. The van der Waals surface area contributed by atoms with Crippen molar-refractivity contribution in [1.29, 1.82) is 0 Å². The standard InChI is InChI=1S/C19H32N4O/c1-11(8-17-12(2)22-23(4)13(17)3)19(24)21-18-14-6-5-7-15(18)10-16(20)9-14/h11,14-16,18H,5-10,20H2,1-4H3,(H,21,24). The second-order valence-electron chi connectivity index (χ2n) is 8.10. The highest BCUT2D eigenvalue weighted by Crippen LogP contribution is 2.39. The predicted octanol–water partition coefficient (Wildman–Crippen LogP) is 2.24. The van der Waals surface area contributed by atoms with Crippen LogP contribution in [0.2, 0.25) is 0 Å². The van der Waals surface area contributed by atoms with Crippen LogP contribution in [0.4, 0.5) is 0 Å². The zero-order valence-electron chi connectivity index (χ0n) is 15.5. The Kier molecular flexibility index (Phi) is 5.00. The Morgan fingerprint density at radius 2 is 1.96 bits per heavy atom. The number of nitrogens with zero attached hydrogens (tertiary/aromatic N) is 2. The number of hydrogen-bond acceptors (Lipinski definition) is 3. The highest BCUT2D eigenvalue weighted by Gasteiger charge is 2.40. The number of rotatable bonds is 4. The number of carbonyl (C=O) groups excluding carboxylic acids is 1. The van der Waals surface area contributed by atoms with E-state index < -0.39 is 0 Å². The summed E-state index contributed by atoms with van der Waals surface area (Å²) in [5.41, 5.74) is 9.60. The number of nitrogens with two attached hydrogens (primary N) is 1. The summed E-state index contributed by atoms with van der Waals surface area (Å²) in [7, 11) is 1.96.